The van der Waals surface area contributed by atoms with E-state index in [2.05, 4.69) is 22.6 Å². The topological polar surface area (TPSA) is 29.5 Å². The fourth-order valence-electron chi connectivity index (χ4n) is 1.47. The van der Waals surface area contributed by atoms with Gasteiger partial charge in [0.25, 0.3) is 0 Å². The number of halogens is 1. The van der Waals surface area contributed by atoms with Crippen molar-refractivity contribution in [3.8, 4) is 0 Å². The number of hydrogen-bond acceptors (Lipinski definition) is 2. The van der Waals surface area contributed by atoms with Crippen molar-refractivity contribution < 1.29 is 9.53 Å². The van der Waals surface area contributed by atoms with E-state index in [0.717, 1.165) is 13.1 Å². The molecule has 70 valence electrons. The second-order valence-corrected chi connectivity index (χ2v) is 3.95. The molecule has 0 aromatic rings. The third-order valence-electron chi connectivity index (χ3n) is 1.89. The van der Waals surface area contributed by atoms with Crippen LogP contribution < -0.4 is 0 Å². The van der Waals surface area contributed by atoms with Crippen LogP contribution in [0.1, 0.15) is 13.8 Å². The van der Waals surface area contributed by atoms with Crippen LogP contribution in [0, 0.1) is 0 Å². The Bertz CT molecular complexity index is 164. The van der Waals surface area contributed by atoms with Crippen LogP contribution in [0.3, 0.4) is 0 Å². The zero-order valence-electron chi connectivity index (χ0n) is 7.42. The quantitative estimate of drug-likeness (QED) is 0.532. The minimum atomic E-state index is 0.181. The minimum Gasteiger partial charge on any atom is -0.372 e. The van der Waals surface area contributed by atoms with E-state index < -0.39 is 0 Å². The zero-order valence-corrected chi connectivity index (χ0v) is 9.58. The van der Waals surface area contributed by atoms with Gasteiger partial charge >= 0.3 is 0 Å². The van der Waals surface area contributed by atoms with E-state index >= 15 is 0 Å². The summed E-state index contributed by atoms with van der Waals surface area (Å²) in [5.41, 5.74) is 0. The van der Waals surface area contributed by atoms with Crippen molar-refractivity contribution in [2.45, 2.75) is 26.1 Å². The highest BCUT2D eigenvalue weighted by atomic mass is 127. The Hall–Kier alpha value is 0.160. The predicted molar refractivity (Wildman–Crippen MR) is 55.5 cm³/mol. The van der Waals surface area contributed by atoms with E-state index in [1.807, 2.05) is 18.7 Å². The summed E-state index contributed by atoms with van der Waals surface area (Å²) in [4.78, 5) is 13.2. The molecule has 2 atom stereocenters. The van der Waals surface area contributed by atoms with E-state index in [1.165, 1.54) is 0 Å². The third kappa shape index (κ3) is 2.58. The van der Waals surface area contributed by atoms with Crippen molar-refractivity contribution >= 4 is 28.5 Å². The molecule has 4 heteroatoms. The minimum absolute atomic E-state index is 0.181. The molecule has 0 bridgehead atoms. The van der Waals surface area contributed by atoms with Crippen molar-refractivity contribution in [3.05, 3.63) is 0 Å². The fraction of sp³-hybridized carbons (Fsp3) is 0.875. The second kappa shape index (κ2) is 4.41. The number of carbonyl (C=O) groups excluding carboxylic acids is 1. The van der Waals surface area contributed by atoms with Crippen molar-refractivity contribution in [1.29, 1.82) is 0 Å². The number of hydrogen-bond donors (Lipinski definition) is 0. The Morgan fingerprint density at radius 3 is 2.42 bits per heavy atom. The van der Waals surface area contributed by atoms with Crippen molar-refractivity contribution in [3.63, 3.8) is 0 Å². The van der Waals surface area contributed by atoms with Crippen LogP contribution in [-0.4, -0.2) is 40.5 Å². The van der Waals surface area contributed by atoms with Crippen molar-refractivity contribution in [2.75, 3.05) is 17.5 Å². The van der Waals surface area contributed by atoms with Gasteiger partial charge in [-0.15, -0.1) is 0 Å². The van der Waals surface area contributed by atoms with Gasteiger partial charge in [-0.05, 0) is 13.8 Å². The summed E-state index contributed by atoms with van der Waals surface area (Å²) >= 11 is 2.10. The molecule has 1 rings (SSSR count). The molecule has 1 fully saturated rings. The Morgan fingerprint density at radius 1 is 1.50 bits per heavy atom. The summed E-state index contributed by atoms with van der Waals surface area (Å²) in [6.45, 7) is 5.49. The number of morpholine rings is 1. The molecule has 0 aliphatic carbocycles. The number of amides is 1. The Morgan fingerprint density at radius 2 is 2.00 bits per heavy atom. The lowest BCUT2D eigenvalue weighted by Crippen LogP contribution is -2.48. The van der Waals surface area contributed by atoms with Crippen LogP contribution in [0.15, 0.2) is 0 Å². The predicted octanol–water partition coefficient (Wildman–Crippen LogP) is 1.06. The molecule has 0 radical (unpaired) electrons. The van der Waals surface area contributed by atoms with Gasteiger partial charge in [-0.25, -0.2) is 0 Å². The Balaban J connectivity index is 2.49. The van der Waals surface area contributed by atoms with E-state index in [4.69, 9.17) is 4.74 Å². The van der Waals surface area contributed by atoms with Crippen LogP contribution in [0.5, 0.6) is 0 Å². The average Bonchev–Trinajstić information content (AvgIpc) is 2.01. The summed E-state index contributed by atoms with van der Waals surface area (Å²) in [5, 5.41) is 0. The summed E-state index contributed by atoms with van der Waals surface area (Å²) in [6, 6.07) is 0. The van der Waals surface area contributed by atoms with Gasteiger partial charge in [0.1, 0.15) is 0 Å². The molecule has 0 aromatic heterocycles. The normalized spacial score (nSPS) is 30.4. The maximum Gasteiger partial charge on any atom is 0.232 e. The molecule has 1 amide bonds. The van der Waals surface area contributed by atoms with Gasteiger partial charge in [-0.3, -0.25) is 4.79 Å². The summed E-state index contributed by atoms with van der Waals surface area (Å²) in [5.74, 6) is 0.220. The highest BCUT2D eigenvalue weighted by molar-refractivity contribution is 14.1. The molecular formula is C8H14INO2. The van der Waals surface area contributed by atoms with E-state index in [0.29, 0.717) is 4.43 Å². The van der Waals surface area contributed by atoms with Gasteiger partial charge < -0.3 is 9.64 Å². The number of nitrogens with zero attached hydrogens (tertiary/aromatic N) is 1. The first-order valence-electron chi connectivity index (χ1n) is 4.12. The second-order valence-electron chi connectivity index (χ2n) is 3.19. The van der Waals surface area contributed by atoms with Gasteiger partial charge in [0.05, 0.1) is 16.6 Å². The molecule has 1 aliphatic rings. The highest BCUT2D eigenvalue weighted by Gasteiger charge is 2.24. The monoisotopic (exact) mass is 283 g/mol. The smallest absolute Gasteiger partial charge is 0.232 e. The molecule has 0 saturated carbocycles. The Labute approximate surface area is 86.6 Å². The SMILES string of the molecule is CC1CN(C(=O)CI)CC(C)O1. The zero-order chi connectivity index (χ0) is 9.14. The number of carbonyl (C=O) groups is 1. The molecular weight excluding hydrogens is 269 g/mol. The first-order valence-corrected chi connectivity index (χ1v) is 5.65. The number of ether oxygens (including phenoxy) is 1. The molecule has 2 unspecified atom stereocenters. The molecule has 0 N–H and O–H groups in total. The molecule has 0 aromatic carbocycles. The van der Waals surface area contributed by atoms with Crippen LogP contribution >= 0.6 is 22.6 Å². The van der Waals surface area contributed by atoms with Gasteiger partial charge in [-0.2, -0.15) is 0 Å². The summed E-state index contributed by atoms with van der Waals surface area (Å²) in [6.07, 6.45) is 0.362. The standard InChI is InChI=1S/C8H14INO2/c1-6-4-10(8(11)3-9)5-7(2)12-6/h6-7H,3-5H2,1-2H3. The maximum atomic E-state index is 11.3. The highest BCUT2D eigenvalue weighted by Crippen LogP contribution is 2.11. The molecule has 0 spiro atoms. The van der Waals surface area contributed by atoms with Gasteiger partial charge in [0, 0.05) is 13.1 Å². The summed E-state index contributed by atoms with van der Waals surface area (Å²) < 4.78 is 6.08. The first kappa shape index (κ1) is 10.2. The average molecular weight is 283 g/mol. The van der Waals surface area contributed by atoms with E-state index in [-0.39, 0.29) is 18.1 Å². The Kier molecular flexibility index (Phi) is 3.77. The van der Waals surface area contributed by atoms with Gasteiger partial charge in [0.15, 0.2) is 0 Å². The lowest BCUT2D eigenvalue weighted by atomic mass is 10.2. The molecule has 1 heterocycles. The van der Waals surface area contributed by atoms with Crippen LogP contribution in [0.25, 0.3) is 0 Å². The number of rotatable bonds is 1. The van der Waals surface area contributed by atoms with Crippen LogP contribution in [-0.2, 0) is 9.53 Å². The van der Waals surface area contributed by atoms with E-state index in [1.54, 1.807) is 0 Å². The number of alkyl halides is 1. The van der Waals surface area contributed by atoms with Crippen LogP contribution in [0.4, 0.5) is 0 Å². The molecule has 3 nitrogen and oxygen atoms in total. The lowest BCUT2D eigenvalue weighted by Gasteiger charge is -2.35. The van der Waals surface area contributed by atoms with Crippen molar-refractivity contribution in [1.82, 2.24) is 4.90 Å². The largest absolute Gasteiger partial charge is 0.372 e. The first-order chi connectivity index (χ1) is 5.63. The molecule has 1 aliphatic heterocycles. The molecule has 12 heavy (non-hydrogen) atoms. The molecule has 1 saturated heterocycles. The van der Waals surface area contributed by atoms with Crippen LogP contribution in [0.2, 0.25) is 0 Å². The maximum absolute atomic E-state index is 11.3. The third-order valence-corrected chi connectivity index (χ3v) is 2.54. The lowest BCUT2D eigenvalue weighted by molar-refractivity contribution is -0.140. The van der Waals surface area contributed by atoms with E-state index in [9.17, 15) is 4.79 Å². The van der Waals surface area contributed by atoms with Gasteiger partial charge in [0.2, 0.25) is 5.91 Å². The fourth-order valence-corrected chi connectivity index (χ4v) is 1.95. The van der Waals surface area contributed by atoms with Crippen molar-refractivity contribution in [2.24, 2.45) is 0 Å². The van der Waals surface area contributed by atoms with Gasteiger partial charge in [-0.1, -0.05) is 22.6 Å². The summed E-state index contributed by atoms with van der Waals surface area (Å²) in [7, 11) is 0.